The number of ether oxygens (including phenoxy) is 1. The summed E-state index contributed by atoms with van der Waals surface area (Å²) in [4.78, 5) is 11.8. The van der Waals surface area contributed by atoms with Gasteiger partial charge in [0.25, 0.3) is 10.2 Å². The first-order valence-electron chi connectivity index (χ1n) is 6.98. The van der Waals surface area contributed by atoms with Gasteiger partial charge in [0, 0.05) is 25.1 Å². The molecule has 2 fully saturated rings. The monoisotopic (exact) mass is 306 g/mol. The lowest BCUT2D eigenvalue weighted by atomic mass is 10.1. The largest absolute Gasteiger partial charge is 0.465 e. The molecule has 0 bridgehead atoms. The van der Waals surface area contributed by atoms with Crippen LogP contribution in [0.5, 0.6) is 0 Å². The quantitative estimate of drug-likeness (QED) is 0.625. The second-order valence-corrected chi connectivity index (χ2v) is 7.21. The van der Waals surface area contributed by atoms with Crippen molar-refractivity contribution in [1.29, 1.82) is 0 Å². The average Bonchev–Trinajstić information content (AvgIpc) is 3.02. The zero-order valence-corrected chi connectivity index (χ0v) is 12.5. The van der Waals surface area contributed by atoms with E-state index in [1.165, 1.54) is 4.31 Å². The van der Waals surface area contributed by atoms with Crippen molar-refractivity contribution in [2.45, 2.75) is 38.6 Å². The normalized spacial score (nSPS) is 25.6. The number of aliphatic hydroxyl groups excluding tert-OH is 1. The average molecular weight is 306 g/mol. The highest BCUT2D eigenvalue weighted by atomic mass is 32.2. The molecule has 20 heavy (non-hydrogen) atoms. The molecule has 116 valence electrons. The number of esters is 1. The fraction of sp³-hybridized carbons (Fsp3) is 0.917. The van der Waals surface area contributed by atoms with E-state index in [0.717, 1.165) is 12.8 Å². The van der Waals surface area contributed by atoms with E-state index in [9.17, 15) is 18.3 Å². The van der Waals surface area contributed by atoms with Gasteiger partial charge in [-0.25, -0.2) is 4.72 Å². The van der Waals surface area contributed by atoms with Gasteiger partial charge >= 0.3 is 5.97 Å². The second kappa shape index (κ2) is 5.97. The van der Waals surface area contributed by atoms with Crippen molar-refractivity contribution in [1.82, 2.24) is 9.03 Å². The van der Waals surface area contributed by atoms with Crippen LogP contribution < -0.4 is 4.72 Å². The molecule has 0 radical (unpaired) electrons. The number of nitrogens with one attached hydrogen (secondary N) is 1. The summed E-state index contributed by atoms with van der Waals surface area (Å²) >= 11 is 0. The summed E-state index contributed by atoms with van der Waals surface area (Å²) in [5.74, 6) is -0.487. The van der Waals surface area contributed by atoms with Gasteiger partial charge in [-0.1, -0.05) is 0 Å². The van der Waals surface area contributed by atoms with E-state index in [1.54, 1.807) is 6.92 Å². The van der Waals surface area contributed by atoms with E-state index in [4.69, 9.17) is 4.74 Å². The van der Waals surface area contributed by atoms with Crippen molar-refractivity contribution in [3.05, 3.63) is 0 Å². The van der Waals surface area contributed by atoms with Crippen molar-refractivity contribution in [3.8, 4) is 0 Å². The van der Waals surface area contributed by atoms with Crippen LogP contribution in [0.2, 0.25) is 0 Å². The molecule has 8 heteroatoms. The predicted octanol–water partition coefficient (Wildman–Crippen LogP) is -0.379. The Morgan fingerprint density at radius 2 is 2.20 bits per heavy atom. The Balaban J connectivity index is 1.98. The summed E-state index contributed by atoms with van der Waals surface area (Å²) < 4.78 is 33.1. The van der Waals surface area contributed by atoms with E-state index in [-0.39, 0.29) is 25.2 Å². The van der Waals surface area contributed by atoms with Crippen LogP contribution in [0.15, 0.2) is 0 Å². The first-order valence-corrected chi connectivity index (χ1v) is 8.42. The van der Waals surface area contributed by atoms with Crippen LogP contribution in [0.1, 0.15) is 32.6 Å². The Bertz CT molecular complexity index is 460. The Morgan fingerprint density at radius 3 is 2.75 bits per heavy atom. The molecule has 1 atom stereocenters. The lowest BCUT2D eigenvalue weighted by Gasteiger charge is -2.24. The van der Waals surface area contributed by atoms with Gasteiger partial charge in [-0.15, -0.1) is 0 Å². The molecule has 1 heterocycles. The van der Waals surface area contributed by atoms with Crippen molar-refractivity contribution in [2.75, 3.05) is 26.3 Å². The summed E-state index contributed by atoms with van der Waals surface area (Å²) in [5, 5.41) is 9.21. The number of hydrogen-bond donors (Lipinski definition) is 2. The Labute approximate surface area is 119 Å². The molecule has 0 aromatic carbocycles. The van der Waals surface area contributed by atoms with Crippen molar-refractivity contribution < 1.29 is 23.1 Å². The smallest absolute Gasteiger partial charge is 0.324 e. The lowest BCUT2D eigenvalue weighted by Crippen LogP contribution is -2.48. The second-order valence-electron chi connectivity index (χ2n) is 5.51. The van der Waals surface area contributed by atoms with Gasteiger partial charge in [0.2, 0.25) is 0 Å². The summed E-state index contributed by atoms with van der Waals surface area (Å²) in [6.45, 7) is 2.46. The van der Waals surface area contributed by atoms with Gasteiger partial charge in [0.15, 0.2) is 0 Å². The first-order chi connectivity index (χ1) is 9.44. The minimum Gasteiger partial charge on any atom is -0.465 e. The van der Waals surface area contributed by atoms with Gasteiger partial charge in [0.1, 0.15) is 6.04 Å². The summed E-state index contributed by atoms with van der Waals surface area (Å²) in [6.07, 6.45) is 2.79. The summed E-state index contributed by atoms with van der Waals surface area (Å²) in [7, 11) is -3.70. The standard InChI is InChI=1S/C12H22N2O5S/c1-2-19-11(16)10-4-3-7-14(10)20(17,18)13-8-12(9-15)5-6-12/h10,13,15H,2-9H2,1H3. The molecule has 0 amide bonds. The van der Waals surface area contributed by atoms with Gasteiger partial charge in [-0.05, 0) is 32.6 Å². The molecule has 2 rings (SSSR count). The highest BCUT2D eigenvalue weighted by Gasteiger charge is 2.45. The molecule has 7 nitrogen and oxygen atoms in total. The van der Waals surface area contributed by atoms with E-state index >= 15 is 0 Å². The van der Waals surface area contributed by atoms with Crippen LogP contribution in [-0.2, 0) is 19.7 Å². The number of carbonyl (C=O) groups is 1. The van der Waals surface area contributed by atoms with Crippen LogP contribution in [0, 0.1) is 5.41 Å². The van der Waals surface area contributed by atoms with Gasteiger partial charge in [-0.2, -0.15) is 12.7 Å². The van der Waals surface area contributed by atoms with Crippen molar-refractivity contribution in [3.63, 3.8) is 0 Å². The predicted molar refractivity (Wildman–Crippen MR) is 72.0 cm³/mol. The van der Waals surface area contributed by atoms with E-state index < -0.39 is 22.2 Å². The van der Waals surface area contributed by atoms with Gasteiger partial charge in [0.05, 0.1) is 6.61 Å². The lowest BCUT2D eigenvalue weighted by molar-refractivity contribution is -0.146. The fourth-order valence-corrected chi connectivity index (χ4v) is 3.95. The molecule has 1 aliphatic carbocycles. The van der Waals surface area contributed by atoms with E-state index in [0.29, 0.717) is 19.4 Å². The maximum atomic E-state index is 12.3. The Kier molecular flexibility index (Phi) is 4.68. The Morgan fingerprint density at radius 1 is 1.50 bits per heavy atom. The Hall–Kier alpha value is -0.700. The van der Waals surface area contributed by atoms with Gasteiger partial charge in [-0.3, -0.25) is 4.79 Å². The zero-order chi connectivity index (χ0) is 14.8. The summed E-state index contributed by atoms with van der Waals surface area (Å²) in [5.41, 5.74) is -0.299. The maximum Gasteiger partial charge on any atom is 0.324 e. The zero-order valence-electron chi connectivity index (χ0n) is 11.7. The van der Waals surface area contributed by atoms with Crippen LogP contribution in [0.25, 0.3) is 0 Å². The SMILES string of the molecule is CCOC(=O)C1CCCN1S(=O)(=O)NCC1(CO)CC1. The highest BCUT2D eigenvalue weighted by molar-refractivity contribution is 7.87. The number of aliphatic hydroxyl groups is 1. The molecule has 2 N–H and O–H groups in total. The number of hydrogen-bond acceptors (Lipinski definition) is 5. The maximum absolute atomic E-state index is 12.3. The molecule has 0 aromatic heterocycles. The minimum absolute atomic E-state index is 0.0170. The van der Waals surface area contributed by atoms with Gasteiger partial charge < -0.3 is 9.84 Å². The number of carbonyl (C=O) groups excluding carboxylic acids is 1. The molecule has 0 aromatic rings. The van der Waals surface area contributed by atoms with Crippen molar-refractivity contribution >= 4 is 16.2 Å². The highest BCUT2D eigenvalue weighted by Crippen LogP contribution is 2.44. The van der Waals surface area contributed by atoms with E-state index in [1.807, 2.05) is 0 Å². The molecule has 1 unspecified atom stereocenters. The molecule has 1 saturated heterocycles. The number of rotatable bonds is 7. The molecule has 0 spiro atoms. The summed E-state index contributed by atoms with van der Waals surface area (Å²) in [6, 6.07) is -0.725. The minimum atomic E-state index is -3.70. The molecular weight excluding hydrogens is 284 g/mol. The third kappa shape index (κ3) is 3.30. The van der Waals surface area contributed by atoms with Crippen LogP contribution >= 0.6 is 0 Å². The third-order valence-electron chi connectivity index (χ3n) is 3.99. The molecule has 1 saturated carbocycles. The van der Waals surface area contributed by atoms with Crippen LogP contribution in [0.3, 0.4) is 0 Å². The molecule has 2 aliphatic rings. The topological polar surface area (TPSA) is 95.9 Å². The van der Waals surface area contributed by atoms with Crippen molar-refractivity contribution in [2.24, 2.45) is 5.41 Å². The van der Waals surface area contributed by atoms with E-state index in [2.05, 4.69) is 4.72 Å². The number of nitrogens with zero attached hydrogens (tertiary/aromatic N) is 1. The molecular formula is C12H22N2O5S. The van der Waals surface area contributed by atoms with Crippen LogP contribution in [0.4, 0.5) is 0 Å². The first kappa shape index (κ1) is 15.7. The van der Waals surface area contributed by atoms with Crippen LogP contribution in [-0.4, -0.2) is 56.1 Å². The fourth-order valence-electron chi connectivity index (χ4n) is 2.40. The molecule has 1 aliphatic heterocycles. The third-order valence-corrected chi connectivity index (χ3v) is 5.56.